The van der Waals surface area contributed by atoms with E-state index >= 15 is 0 Å². The van der Waals surface area contributed by atoms with Gasteiger partial charge in [0.15, 0.2) is 0 Å². The normalized spacial score (nSPS) is 26.6. The van der Waals surface area contributed by atoms with Gasteiger partial charge >= 0.3 is 0 Å². The molecular weight excluding hydrogens is 336 g/mol. The first-order chi connectivity index (χ1) is 13.2. The number of carbonyl (C=O) groups excluding carboxylic acids is 1. The number of rotatable bonds is 6. The lowest BCUT2D eigenvalue weighted by atomic mass is 9.92. The van der Waals surface area contributed by atoms with Crippen molar-refractivity contribution in [1.29, 1.82) is 0 Å². The summed E-state index contributed by atoms with van der Waals surface area (Å²) in [5.41, 5.74) is 1.50. The molecule has 0 aromatic carbocycles. The van der Waals surface area contributed by atoms with Gasteiger partial charge in [0.2, 0.25) is 5.91 Å². The van der Waals surface area contributed by atoms with Crippen LogP contribution in [0.4, 0.5) is 0 Å². The molecule has 1 aromatic heterocycles. The first-order valence-corrected chi connectivity index (χ1v) is 10.8. The van der Waals surface area contributed by atoms with Crippen molar-refractivity contribution in [2.45, 2.75) is 70.0 Å². The van der Waals surface area contributed by atoms with E-state index < -0.39 is 0 Å². The lowest BCUT2D eigenvalue weighted by molar-refractivity contribution is -0.128. The van der Waals surface area contributed by atoms with Crippen LogP contribution >= 0.6 is 0 Å². The summed E-state index contributed by atoms with van der Waals surface area (Å²) in [6, 6.07) is 4.88. The largest absolute Gasteiger partial charge is 0.350 e. The van der Waals surface area contributed by atoms with Crippen LogP contribution in [0.5, 0.6) is 0 Å². The Bertz CT molecular complexity index is 622. The quantitative estimate of drug-likeness (QED) is 0.837. The van der Waals surface area contributed by atoms with Crippen molar-refractivity contribution in [2.24, 2.45) is 5.92 Å². The summed E-state index contributed by atoms with van der Waals surface area (Å²) in [5.74, 6) is 0.506. The Balaban J connectivity index is 1.25. The minimum Gasteiger partial charge on any atom is -0.350 e. The van der Waals surface area contributed by atoms with Crippen LogP contribution in [0.15, 0.2) is 24.5 Å². The Kier molecular flexibility index (Phi) is 5.79. The number of pyridine rings is 1. The van der Waals surface area contributed by atoms with E-state index in [0.717, 1.165) is 52.0 Å². The molecule has 0 radical (unpaired) electrons. The number of hydrogen-bond acceptors (Lipinski definition) is 4. The second-order valence-electron chi connectivity index (χ2n) is 8.82. The highest BCUT2D eigenvalue weighted by Gasteiger charge is 2.43. The van der Waals surface area contributed by atoms with E-state index in [-0.39, 0.29) is 11.5 Å². The molecule has 1 saturated carbocycles. The lowest BCUT2D eigenvalue weighted by Gasteiger charge is -2.42. The van der Waals surface area contributed by atoms with Crippen molar-refractivity contribution in [3.05, 3.63) is 30.1 Å². The van der Waals surface area contributed by atoms with E-state index in [4.69, 9.17) is 0 Å². The molecule has 27 heavy (non-hydrogen) atoms. The molecule has 148 valence electrons. The monoisotopic (exact) mass is 370 g/mol. The van der Waals surface area contributed by atoms with Crippen molar-refractivity contribution in [1.82, 2.24) is 20.1 Å². The van der Waals surface area contributed by atoms with Crippen molar-refractivity contribution in [3.8, 4) is 0 Å². The minimum absolute atomic E-state index is 0.150. The first kappa shape index (κ1) is 18.9. The molecule has 0 bridgehead atoms. The fourth-order valence-corrected chi connectivity index (χ4v) is 4.82. The molecule has 5 nitrogen and oxygen atoms in total. The molecule has 0 unspecified atom stereocenters. The molecule has 2 aliphatic heterocycles. The second kappa shape index (κ2) is 8.27. The van der Waals surface area contributed by atoms with Gasteiger partial charge in [0.25, 0.3) is 0 Å². The van der Waals surface area contributed by atoms with Crippen molar-refractivity contribution < 1.29 is 4.79 Å². The number of nitrogens with one attached hydrogen (secondary N) is 1. The van der Waals surface area contributed by atoms with E-state index in [9.17, 15) is 4.79 Å². The molecule has 5 heteroatoms. The van der Waals surface area contributed by atoms with Gasteiger partial charge in [0, 0.05) is 37.1 Å². The van der Waals surface area contributed by atoms with Crippen LogP contribution in [0.2, 0.25) is 0 Å². The highest BCUT2D eigenvalue weighted by Crippen LogP contribution is 2.39. The first-order valence-electron chi connectivity index (χ1n) is 10.8. The minimum atomic E-state index is 0.150. The van der Waals surface area contributed by atoms with Gasteiger partial charge in [0.05, 0.1) is 5.92 Å². The zero-order valence-electron chi connectivity index (χ0n) is 16.7. The number of likely N-dealkylation sites (tertiary alicyclic amines) is 2. The Morgan fingerprint density at radius 2 is 1.93 bits per heavy atom. The SMILES string of the molecule is CCC1(NC(=O)[C@@H]2CCCN(C3CCN(Cc4ccncc4)CC3)C2)CC1. The van der Waals surface area contributed by atoms with Gasteiger partial charge in [-0.15, -0.1) is 0 Å². The number of amides is 1. The van der Waals surface area contributed by atoms with Gasteiger partial charge in [-0.3, -0.25) is 19.6 Å². The number of aromatic nitrogens is 1. The standard InChI is InChI=1S/C22H34N4O/c1-2-22(9-10-22)24-21(27)19-4-3-13-26(17-19)20-7-14-25(15-8-20)16-18-5-11-23-12-6-18/h5-6,11-12,19-20H,2-4,7-10,13-17H2,1H3,(H,24,27)/t19-/m1/s1. The maximum atomic E-state index is 12.7. The van der Waals surface area contributed by atoms with Crippen LogP contribution < -0.4 is 5.32 Å². The van der Waals surface area contributed by atoms with Crippen LogP contribution in [0, 0.1) is 5.92 Å². The summed E-state index contributed by atoms with van der Waals surface area (Å²) in [6.45, 7) is 7.65. The van der Waals surface area contributed by atoms with Crippen LogP contribution in [0.1, 0.15) is 57.4 Å². The smallest absolute Gasteiger partial charge is 0.224 e. The van der Waals surface area contributed by atoms with Crippen molar-refractivity contribution in [2.75, 3.05) is 26.2 Å². The van der Waals surface area contributed by atoms with Crippen LogP contribution in [-0.2, 0) is 11.3 Å². The maximum absolute atomic E-state index is 12.7. The molecule has 1 aromatic rings. The van der Waals surface area contributed by atoms with E-state index in [1.807, 2.05) is 12.4 Å². The fourth-order valence-electron chi connectivity index (χ4n) is 4.82. The third-order valence-corrected chi connectivity index (χ3v) is 6.97. The summed E-state index contributed by atoms with van der Waals surface area (Å²) in [4.78, 5) is 22.0. The van der Waals surface area contributed by atoms with Gasteiger partial charge in [-0.1, -0.05) is 6.92 Å². The predicted octanol–water partition coefficient (Wildman–Crippen LogP) is 2.82. The number of carbonyl (C=O) groups is 1. The number of nitrogens with zero attached hydrogens (tertiary/aromatic N) is 3. The molecule has 2 saturated heterocycles. The van der Waals surface area contributed by atoms with Gasteiger partial charge in [-0.25, -0.2) is 0 Å². The van der Waals surface area contributed by atoms with E-state index in [0.29, 0.717) is 11.9 Å². The molecule has 3 aliphatic rings. The molecule has 0 spiro atoms. The Morgan fingerprint density at radius 1 is 1.19 bits per heavy atom. The van der Waals surface area contributed by atoms with E-state index in [1.54, 1.807) is 0 Å². The Labute approximate surface area is 163 Å². The zero-order chi connectivity index (χ0) is 18.7. The van der Waals surface area contributed by atoms with Crippen molar-refractivity contribution in [3.63, 3.8) is 0 Å². The molecule has 3 fully saturated rings. The topological polar surface area (TPSA) is 48.5 Å². The highest BCUT2D eigenvalue weighted by atomic mass is 16.2. The summed E-state index contributed by atoms with van der Waals surface area (Å²) in [7, 11) is 0. The third kappa shape index (κ3) is 4.69. The van der Waals surface area contributed by atoms with Gasteiger partial charge < -0.3 is 5.32 Å². The Hall–Kier alpha value is -1.46. The van der Waals surface area contributed by atoms with Gasteiger partial charge in [0.1, 0.15) is 0 Å². The third-order valence-electron chi connectivity index (χ3n) is 6.97. The molecule has 3 heterocycles. The Morgan fingerprint density at radius 3 is 2.59 bits per heavy atom. The van der Waals surface area contributed by atoms with Crippen LogP contribution in [0.25, 0.3) is 0 Å². The van der Waals surface area contributed by atoms with Gasteiger partial charge in [-0.05, 0) is 82.3 Å². The average molecular weight is 371 g/mol. The number of piperidine rings is 2. The molecule has 1 aliphatic carbocycles. The van der Waals surface area contributed by atoms with Crippen LogP contribution in [-0.4, -0.2) is 58.5 Å². The summed E-state index contributed by atoms with van der Waals surface area (Å²) >= 11 is 0. The fraction of sp³-hybridized carbons (Fsp3) is 0.727. The number of hydrogen-bond donors (Lipinski definition) is 1. The molecule has 1 atom stereocenters. The molecule has 4 rings (SSSR count). The second-order valence-corrected chi connectivity index (χ2v) is 8.82. The van der Waals surface area contributed by atoms with E-state index in [1.165, 1.54) is 31.2 Å². The zero-order valence-corrected chi connectivity index (χ0v) is 16.7. The highest BCUT2D eigenvalue weighted by molar-refractivity contribution is 5.80. The summed E-state index contributed by atoms with van der Waals surface area (Å²) in [5, 5.41) is 3.37. The van der Waals surface area contributed by atoms with Crippen LogP contribution in [0.3, 0.4) is 0 Å². The van der Waals surface area contributed by atoms with Gasteiger partial charge in [-0.2, -0.15) is 0 Å². The molecular formula is C22H34N4O. The summed E-state index contributed by atoms with van der Waals surface area (Å²) < 4.78 is 0. The van der Waals surface area contributed by atoms with Crippen molar-refractivity contribution >= 4 is 5.91 Å². The predicted molar refractivity (Wildman–Crippen MR) is 107 cm³/mol. The molecule has 1 N–H and O–H groups in total. The maximum Gasteiger partial charge on any atom is 0.224 e. The molecule has 1 amide bonds. The average Bonchev–Trinajstić information content (AvgIpc) is 3.49. The van der Waals surface area contributed by atoms with E-state index in [2.05, 4.69) is 39.2 Å². The summed E-state index contributed by atoms with van der Waals surface area (Å²) in [6.07, 6.45) is 11.8. The lowest BCUT2D eigenvalue weighted by Crippen LogP contribution is -2.51.